The van der Waals surface area contributed by atoms with Crippen LogP contribution in [0.1, 0.15) is 35.0 Å². The summed E-state index contributed by atoms with van der Waals surface area (Å²) in [5, 5.41) is 12.0. The predicted molar refractivity (Wildman–Crippen MR) is 87.7 cm³/mol. The summed E-state index contributed by atoms with van der Waals surface area (Å²) in [7, 11) is 0. The van der Waals surface area contributed by atoms with Crippen LogP contribution in [0.5, 0.6) is 0 Å². The zero-order chi connectivity index (χ0) is 15.8. The van der Waals surface area contributed by atoms with Crippen LogP contribution in [0.4, 0.5) is 0 Å². The zero-order valence-corrected chi connectivity index (χ0v) is 13.7. The molecule has 0 radical (unpaired) electrons. The molecule has 0 aromatic carbocycles. The van der Waals surface area contributed by atoms with E-state index >= 15 is 0 Å². The summed E-state index contributed by atoms with van der Waals surface area (Å²) in [6.07, 6.45) is 6.13. The fraction of sp³-hybridized carbons (Fsp3) is 0.467. The summed E-state index contributed by atoms with van der Waals surface area (Å²) in [4.78, 5) is 19.7. The monoisotopic (exact) mass is 330 g/mol. The molecule has 3 aromatic rings. The normalized spacial score (nSPS) is 17.1. The van der Waals surface area contributed by atoms with E-state index in [4.69, 9.17) is 0 Å². The Morgan fingerprint density at radius 1 is 1.39 bits per heavy atom. The third kappa shape index (κ3) is 2.91. The molecule has 1 aliphatic rings. The van der Waals surface area contributed by atoms with Crippen molar-refractivity contribution in [3.8, 4) is 0 Å². The van der Waals surface area contributed by atoms with E-state index in [1.54, 1.807) is 6.07 Å². The van der Waals surface area contributed by atoms with Crippen molar-refractivity contribution in [3.05, 3.63) is 45.1 Å². The van der Waals surface area contributed by atoms with E-state index in [2.05, 4.69) is 25.2 Å². The molecule has 3 aromatic heterocycles. The van der Waals surface area contributed by atoms with Crippen molar-refractivity contribution in [2.45, 2.75) is 32.2 Å². The summed E-state index contributed by atoms with van der Waals surface area (Å²) in [6.45, 7) is 4.64. The van der Waals surface area contributed by atoms with Gasteiger partial charge in [-0.05, 0) is 44.3 Å². The van der Waals surface area contributed by atoms with Gasteiger partial charge in [-0.1, -0.05) is 11.3 Å². The Kier molecular flexibility index (Phi) is 3.70. The molecule has 0 bridgehead atoms. The molecule has 0 saturated carbocycles. The molecule has 0 spiro atoms. The van der Waals surface area contributed by atoms with Gasteiger partial charge < -0.3 is 0 Å². The Morgan fingerprint density at radius 2 is 2.22 bits per heavy atom. The third-order valence-electron chi connectivity index (χ3n) is 4.36. The van der Waals surface area contributed by atoms with Crippen LogP contribution in [0.2, 0.25) is 0 Å². The molecular weight excluding hydrogens is 312 g/mol. The number of fused-ring (bicyclic) bond motifs is 1. The van der Waals surface area contributed by atoms with Gasteiger partial charge in [0.05, 0.1) is 11.9 Å². The molecule has 23 heavy (non-hydrogen) atoms. The van der Waals surface area contributed by atoms with Crippen molar-refractivity contribution in [1.29, 1.82) is 0 Å². The van der Waals surface area contributed by atoms with Gasteiger partial charge in [0.25, 0.3) is 5.56 Å². The van der Waals surface area contributed by atoms with Gasteiger partial charge in [0.2, 0.25) is 4.96 Å². The molecule has 0 amide bonds. The van der Waals surface area contributed by atoms with Crippen molar-refractivity contribution in [1.82, 2.24) is 29.7 Å². The van der Waals surface area contributed by atoms with Gasteiger partial charge in [-0.2, -0.15) is 14.7 Å². The van der Waals surface area contributed by atoms with Crippen molar-refractivity contribution < 1.29 is 0 Å². The first-order valence-corrected chi connectivity index (χ1v) is 8.58. The second-order valence-electron chi connectivity index (χ2n) is 5.98. The lowest BCUT2D eigenvalue weighted by atomic mass is 9.91. The second-order valence-corrected chi connectivity index (χ2v) is 7.14. The van der Waals surface area contributed by atoms with E-state index in [1.807, 2.05) is 19.3 Å². The lowest BCUT2D eigenvalue weighted by Gasteiger charge is -2.31. The number of rotatable bonds is 3. The number of piperidine rings is 1. The van der Waals surface area contributed by atoms with Crippen LogP contribution in [0, 0.1) is 6.92 Å². The molecule has 0 unspecified atom stereocenters. The van der Waals surface area contributed by atoms with E-state index in [0.29, 0.717) is 10.9 Å². The van der Waals surface area contributed by atoms with Crippen molar-refractivity contribution in [2.24, 2.45) is 0 Å². The van der Waals surface area contributed by atoms with Crippen LogP contribution in [-0.4, -0.2) is 42.8 Å². The van der Waals surface area contributed by atoms with Crippen LogP contribution in [0.3, 0.4) is 0 Å². The molecule has 1 saturated heterocycles. The highest BCUT2D eigenvalue weighted by Crippen LogP contribution is 2.27. The highest BCUT2D eigenvalue weighted by molar-refractivity contribution is 7.16. The topological polar surface area (TPSA) is 79.2 Å². The Bertz CT molecular complexity index is 860. The smallest absolute Gasteiger partial charge is 0.275 e. The van der Waals surface area contributed by atoms with Crippen LogP contribution in [0.15, 0.2) is 23.3 Å². The summed E-state index contributed by atoms with van der Waals surface area (Å²) in [5.74, 6) is 0.579. The average Bonchev–Trinajstić information content (AvgIpc) is 3.17. The molecule has 4 rings (SSSR count). The SMILES string of the molecule is Cc1nn2c(=O)cc(CN3CCC(c4cn[nH]c4)CC3)nc2s1. The Hall–Kier alpha value is -2.06. The first kappa shape index (κ1) is 14.5. The van der Waals surface area contributed by atoms with Crippen LogP contribution in [0.25, 0.3) is 4.96 Å². The van der Waals surface area contributed by atoms with Crippen molar-refractivity contribution in [3.63, 3.8) is 0 Å². The van der Waals surface area contributed by atoms with Crippen molar-refractivity contribution >= 4 is 16.3 Å². The van der Waals surface area contributed by atoms with E-state index in [1.165, 1.54) is 21.4 Å². The van der Waals surface area contributed by atoms with Gasteiger partial charge in [-0.25, -0.2) is 4.98 Å². The zero-order valence-electron chi connectivity index (χ0n) is 12.9. The second kappa shape index (κ2) is 5.86. The number of H-pyrrole nitrogens is 1. The number of likely N-dealkylation sites (tertiary alicyclic amines) is 1. The lowest BCUT2D eigenvalue weighted by Crippen LogP contribution is -2.33. The maximum absolute atomic E-state index is 12.1. The minimum atomic E-state index is -0.0948. The summed E-state index contributed by atoms with van der Waals surface area (Å²) < 4.78 is 1.38. The highest BCUT2D eigenvalue weighted by atomic mass is 32.1. The highest BCUT2D eigenvalue weighted by Gasteiger charge is 2.21. The van der Waals surface area contributed by atoms with Crippen molar-refractivity contribution in [2.75, 3.05) is 13.1 Å². The van der Waals surface area contributed by atoms with Gasteiger partial charge >= 0.3 is 0 Å². The van der Waals surface area contributed by atoms with Crippen LogP contribution in [-0.2, 0) is 6.54 Å². The number of nitrogens with zero attached hydrogens (tertiary/aromatic N) is 5. The summed E-state index contributed by atoms with van der Waals surface area (Å²) in [5.41, 5.74) is 2.03. The Balaban J connectivity index is 1.46. The number of hydrogen-bond acceptors (Lipinski definition) is 6. The molecular formula is C15H18N6OS. The van der Waals surface area contributed by atoms with Crippen LogP contribution >= 0.6 is 11.3 Å². The first-order chi connectivity index (χ1) is 11.2. The van der Waals surface area contributed by atoms with E-state index in [9.17, 15) is 4.79 Å². The fourth-order valence-electron chi connectivity index (χ4n) is 3.17. The number of aryl methyl sites for hydroxylation is 1. The quantitative estimate of drug-likeness (QED) is 0.788. The minimum Gasteiger partial charge on any atom is -0.297 e. The standard InChI is InChI=1S/C15H18N6OS/c1-10-19-21-14(22)6-13(18-15(21)23-10)9-20-4-2-11(3-5-20)12-7-16-17-8-12/h6-8,11H,2-5,9H2,1H3,(H,16,17). The predicted octanol–water partition coefficient (Wildman–Crippen LogP) is 1.56. The molecule has 7 nitrogen and oxygen atoms in total. The fourth-order valence-corrected chi connectivity index (χ4v) is 3.94. The van der Waals surface area contributed by atoms with Gasteiger partial charge in [-0.3, -0.25) is 14.8 Å². The molecule has 4 heterocycles. The number of nitrogens with one attached hydrogen (secondary N) is 1. The molecule has 0 atom stereocenters. The number of aromatic nitrogens is 5. The summed E-state index contributed by atoms with van der Waals surface area (Å²) >= 11 is 1.45. The maximum Gasteiger partial charge on any atom is 0.275 e. The molecule has 1 fully saturated rings. The molecule has 1 N–H and O–H groups in total. The van der Waals surface area contributed by atoms with E-state index in [0.717, 1.165) is 43.2 Å². The Morgan fingerprint density at radius 3 is 2.96 bits per heavy atom. The van der Waals surface area contributed by atoms with Gasteiger partial charge in [0, 0.05) is 18.8 Å². The first-order valence-electron chi connectivity index (χ1n) is 7.76. The van der Waals surface area contributed by atoms with E-state index < -0.39 is 0 Å². The van der Waals surface area contributed by atoms with Gasteiger partial charge in [-0.15, -0.1) is 0 Å². The molecule has 1 aliphatic heterocycles. The number of hydrogen-bond donors (Lipinski definition) is 1. The molecule has 120 valence electrons. The van der Waals surface area contributed by atoms with Gasteiger partial charge in [0.15, 0.2) is 0 Å². The summed E-state index contributed by atoms with van der Waals surface area (Å²) in [6, 6.07) is 1.61. The molecule has 0 aliphatic carbocycles. The lowest BCUT2D eigenvalue weighted by molar-refractivity contribution is 0.202. The minimum absolute atomic E-state index is 0.0948. The van der Waals surface area contributed by atoms with Crippen LogP contribution < -0.4 is 5.56 Å². The van der Waals surface area contributed by atoms with Gasteiger partial charge in [0.1, 0.15) is 5.01 Å². The largest absolute Gasteiger partial charge is 0.297 e. The number of aromatic amines is 1. The third-order valence-corrected chi connectivity index (χ3v) is 5.19. The van der Waals surface area contributed by atoms with E-state index in [-0.39, 0.29) is 5.56 Å². The average molecular weight is 330 g/mol. The maximum atomic E-state index is 12.1. The molecule has 8 heteroatoms. The Labute approximate surface area is 137 Å².